The molecule has 0 bridgehead atoms. The van der Waals surface area contributed by atoms with Gasteiger partial charge in [0.1, 0.15) is 0 Å². The maximum atomic E-state index is 10.1. The molecule has 5 nitrogen and oxygen atoms in total. The Hall–Kier alpha value is -1.17. The second kappa shape index (κ2) is 8.19. The van der Waals surface area contributed by atoms with Crippen molar-refractivity contribution in [1.82, 2.24) is 0 Å². The van der Waals surface area contributed by atoms with E-state index in [0.29, 0.717) is 17.9 Å². The van der Waals surface area contributed by atoms with Crippen LogP contribution >= 0.6 is 12.4 Å². The number of phenols is 1. The lowest BCUT2D eigenvalue weighted by Gasteiger charge is -2.22. The minimum Gasteiger partial charge on any atom is -0.502 e. The first-order chi connectivity index (χ1) is 8.90. The zero-order valence-corrected chi connectivity index (χ0v) is 13.1. The van der Waals surface area contributed by atoms with Gasteiger partial charge in [0, 0.05) is 0 Å². The van der Waals surface area contributed by atoms with E-state index in [4.69, 9.17) is 15.2 Å². The third kappa shape index (κ3) is 4.44. The summed E-state index contributed by atoms with van der Waals surface area (Å²) in [4.78, 5) is 0. The Morgan fingerprint density at radius 2 is 1.60 bits per heavy atom. The number of aliphatic hydroxyl groups excluding tert-OH is 1. The lowest BCUT2D eigenvalue weighted by Crippen LogP contribution is -2.27. The zero-order valence-electron chi connectivity index (χ0n) is 12.3. The summed E-state index contributed by atoms with van der Waals surface area (Å²) in [6.45, 7) is 4.04. The molecule has 6 heteroatoms. The molecule has 4 N–H and O–H groups in total. The first-order valence-corrected chi connectivity index (χ1v) is 6.29. The number of aromatic hydroxyl groups is 1. The smallest absolute Gasteiger partial charge is 0.200 e. The number of methoxy groups -OCH3 is 2. The third-order valence-corrected chi connectivity index (χ3v) is 3.01. The van der Waals surface area contributed by atoms with E-state index in [0.717, 1.165) is 0 Å². The van der Waals surface area contributed by atoms with Crippen LogP contribution in [-0.2, 0) is 0 Å². The summed E-state index contributed by atoms with van der Waals surface area (Å²) in [5.41, 5.74) is 6.71. The topological polar surface area (TPSA) is 84.9 Å². The molecule has 2 atom stereocenters. The van der Waals surface area contributed by atoms with Gasteiger partial charge in [0.05, 0.1) is 26.4 Å². The quantitative estimate of drug-likeness (QED) is 0.750. The summed E-state index contributed by atoms with van der Waals surface area (Å²) < 4.78 is 10.1. The van der Waals surface area contributed by atoms with Crippen LogP contribution in [-0.4, -0.2) is 30.5 Å². The number of benzene rings is 1. The molecule has 0 spiro atoms. The molecule has 0 saturated heterocycles. The van der Waals surface area contributed by atoms with E-state index in [1.165, 1.54) is 14.2 Å². The van der Waals surface area contributed by atoms with E-state index in [1.54, 1.807) is 12.1 Å². The number of nitrogens with two attached hydrogens (primary N) is 1. The number of aliphatic hydroxyl groups is 1. The Morgan fingerprint density at radius 1 is 1.15 bits per heavy atom. The highest BCUT2D eigenvalue weighted by Crippen LogP contribution is 2.39. The molecule has 0 aromatic heterocycles. The minimum atomic E-state index is -0.654. The number of rotatable bonds is 6. The third-order valence-electron chi connectivity index (χ3n) is 3.01. The van der Waals surface area contributed by atoms with Crippen molar-refractivity contribution in [2.45, 2.75) is 32.4 Å². The second-order valence-electron chi connectivity index (χ2n) is 5.00. The minimum absolute atomic E-state index is 0. The van der Waals surface area contributed by atoms with Gasteiger partial charge in [-0.3, -0.25) is 0 Å². The number of halogens is 1. The number of hydrogen-bond donors (Lipinski definition) is 3. The van der Waals surface area contributed by atoms with Gasteiger partial charge in [-0.2, -0.15) is 0 Å². The van der Waals surface area contributed by atoms with Gasteiger partial charge in [0.15, 0.2) is 11.5 Å². The second-order valence-corrected chi connectivity index (χ2v) is 5.00. The molecule has 0 aliphatic heterocycles. The van der Waals surface area contributed by atoms with E-state index >= 15 is 0 Å². The normalized spacial score (nSPS) is 13.6. The monoisotopic (exact) mass is 305 g/mol. The molecule has 20 heavy (non-hydrogen) atoms. The van der Waals surface area contributed by atoms with Crippen molar-refractivity contribution in [2.24, 2.45) is 11.7 Å². The molecule has 0 fully saturated rings. The highest BCUT2D eigenvalue weighted by molar-refractivity contribution is 5.85. The van der Waals surface area contributed by atoms with Crippen LogP contribution in [0.2, 0.25) is 0 Å². The molecule has 116 valence electrons. The fourth-order valence-corrected chi connectivity index (χ4v) is 1.96. The highest BCUT2D eigenvalue weighted by Gasteiger charge is 2.21. The first kappa shape index (κ1) is 18.8. The lowest BCUT2D eigenvalue weighted by molar-refractivity contribution is 0.121. The van der Waals surface area contributed by atoms with Crippen LogP contribution in [0.15, 0.2) is 12.1 Å². The summed E-state index contributed by atoms with van der Waals surface area (Å²) in [6.07, 6.45) is -0.0499. The van der Waals surface area contributed by atoms with Crippen LogP contribution < -0.4 is 15.2 Å². The Kier molecular flexibility index (Phi) is 7.71. The summed E-state index contributed by atoms with van der Waals surface area (Å²) in [6, 6.07) is 2.68. The molecule has 0 radical (unpaired) electrons. The van der Waals surface area contributed by atoms with Gasteiger partial charge in [-0.1, -0.05) is 13.8 Å². The Labute approximate surface area is 126 Å². The molecule has 0 amide bonds. The Morgan fingerprint density at radius 3 is 1.95 bits per heavy atom. The van der Waals surface area contributed by atoms with Crippen LogP contribution in [0.3, 0.4) is 0 Å². The van der Waals surface area contributed by atoms with Crippen LogP contribution in [0, 0.1) is 5.92 Å². The standard InChI is InChI=1S/C14H23NO4.ClH/c1-8(2)5-10(16)13(15)9-6-11(18-3)14(17)12(7-9)19-4;/h6-8,10,13,16-17H,5,15H2,1-4H3;1H/t10-,13+;/m1./s1. The fourth-order valence-electron chi connectivity index (χ4n) is 1.96. The van der Waals surface area contributed by atoms with Crippen molar-refractivity contribution in [1.29, 1.82) is 0 Å². The van der Waals surface area contributed by atoms with Crippen LogP contribution in [0.1, 0.15) is 31.9 Å². The average Bonchev–Trinajstić information content (AvgIpc) is 2.37. The lowest BCUT2D eigenvalue weighted by atomic mass is 9.95. The molecule has 0 aliphatic rings. The summed E-state index contributed by atoms with van der Waals surface area (Å²) in [5.74, 6) is 0.837. The Balaban J connectivity index is 0.00000361. The van der Waals surface area contributed by atoms with E-state index < -0.39 is 12.1 Å². The van der Waals surface area contributed by atoms with Gasteiger partial charge in [-0.15, -0.1) is 12.4 Å². The molecule has 1 aromatic rings. The highest BCUT2D eigenvalue weighted by atomic mass is 35.5. The molecular weight excluding hydrogens is 282 g/mol. The number of hydrogen-bond acceptors (Lipinski definition) is 5. The molecule has 1 aromatic carbocycles. The van der Waals surface area contributed by atoms with Gasteiger partial charge in [-0.25, -0.2) is 0 Å². The van der Waals surface area contributed by atoms with E-state index in [9.17, 15) is 10.2 Å². The number of ether oxygens (including phenoxy) is 2. The van der Waals surface area contributed by atoms with E-state index in [1.807, 2.05) is 13.8 Å². The van der Waals surface area contributed by atoms with Crippen LogP contribution in [0.5, 0.6) is 17.2 Å². The predicted octanol–water partition coefficient (Wildman–Crippen LogP) is 2.24. The molecule has 0 unspecified atom stereocenters. The molecule has 0 saturated carbocycles. The van der Waals surface area contributed by atoms with Gasteiger partial charge in [0.25, 0.3) is 0 Å². The number of phenolic OH excluding ortho intramolecular Hbond substituents is 1. The maximum Gasteiger partial charge on any atom is 0.200 e. The van der Waals surface area contributed by atoms with Crippen molar-refractivity contribution in [3.05, 3.63) is 17.7 Å². The maximum absolute atomic E-state index is 10.1. The molecule has 1 rings (SSSR count). The zero-order chi connectivity index (χ0) is 14.6. The SMILES string of the molecule is COc1cc([C@H](N)[C@H](O)CC(C)C)cc(OC)c1O.Cl. The average molecular weight is 306 g/mol. The fraction of sp³-hybridized carbons (Fsp3) is 0.571. The van der Waals surface area contributed by atoms with E-state index in [-0.39, 0.29) is 29.7 Å². The summed E-state index contributed by atoms with van der Waals surface area (Å²) in [7, 11) is 2.91. The van der Waals surface area contributed by atoms with Gasteiger partial charge in [-0.05, 0) is 30.0 Å². The molecule has 0 aliphatic carbocycles. The van der Waals surface area contributed by atoms with Crippen LogP contribution in [0.4, 0.5) is 0 Å². The van der Waals surface area contributed by atoms with Crippen molar-refractivity contribution in [2.75, 3.05) is 14.2 Å². The largest absolute Gasteiger partial charge is 0.502 e. The summed E-state index contributed by atoms with van der Waals surface area (Å²) in [5, 5.41) is 19.9. The van der Waals surface area contributed by atoms with Gasteiger partial charge >= 0.3 is 0 Å². The predicted molar refractivity (Wildman–Crippen MR) is 80.8 cm³/mol. The molecule has 0 heterocycles. The molecular formula is C14H24ClNO4. The van der Waals surface area contributed by atoms with Crippen molar-refractivity contribution in [3.8, 4) is 17.2 Å². The first-order valence-electron chi connectivity index (χ1n) is 6.29. The van der Waals surface area contributed by atoms with Crippen molar-refractivity contribution >= 4 is 12.4 Å². The van der Waals surface area contributed by atoms with E-state index in [2.05, 4.69) is 0 Å². The van der Waals surface area contributed by atoms with Crippen molar-refractivity contribution < 1.29 is 19.7 Å². The van der Waals surface area contributed by atoms with Crippen molar-refractivity contribution in [3.63, 3.8) is 0 Å². The summed E-state index contributed by atoms with van der Waals surface area (Å²) >= 11 is 0. The van der Waals surface area contributed by atoms with Gasteiger partial charge in [0.2, 0.25) is 5.75 Å². The Bertz CT molecular complexity index is 401. The van der Waals surface area contributed by atoms with Crippen LogP contribution in [0.25, 0.3) is 0 Å². The van der Waals surface area contributed by atoms with Gasteiger partial charge < -0.3 is 25.4 Å².